The van der Waals surface area contributed by atoms with Crippen molar-refractivity contribution in [1.82, 2.24) is 9.80 Å². The Hall–Kier alpha value is -2.87. The summed E-state index contributed by atoms with van der Waals surface area (Å²) in [5, 5.41) is 0. The Morgan fingerprint density at radius 2 is 1.00 bits per heavy atom. The highest BCUT2D eigenvalue weighted by Gasteiger charge is 2.25. The second-order valence-corrected chi connectivity index (χ2v) is 11.4. The molecule has 1 aliphatic heterocycles. The van der Waals surface area contributed by atoms with Gasteiger partial charge in [-0.1, -0.05) is 0 Å². The Morgan fingerprint density at radius 1 is 0.619 bits per heavy atom. The van der Waals surface area contributed by atoms with Gasteiger partial charge in [-0.25, -0.2) is 0 Å². The van der Waals surface area contributed by atoms with Gasteiger partial charge in [-0.05, 0) is 41.5 Å². The molecule has 0 aliphatic carbocycles. The summed E-state index contributed by atoms with van der Waals surface area (Å²) < 4.78 is 32.4. The van der Waals surface area contributed by atoms with E-state index >= 15 is 0 Å². The van der Waals surface area contributed by atoms with Gasteiger partial charge < -0.3 is 33.3 Å². The van der Waals surface area contributed by atoms with Crippen molar-refractivity contribution in [3.8, 4) is 0 Å². The van der Waals surface area contributed by atoms with Crippen LogP contribution >= 0.6 is 0 Å². The lowest BCUT2D eigenvalue weighted by atomic mass is 10.2. The number of imide groups is 1. The van der Waals surface area contributed by atoms with E-state index in [1.54, 1.807) is 46.4 Å². The van der Waals surface area contributed by atoms with Crippen molar-refractivity contribution in [2.24, 2.45) is 0 Å². The Balaban J connectivity index is 2.33. The van der Waals surface area contributed by atoms with Gasteiger partial charge >= 0.3 is 11.9 Å². The maximum absolute atomic E-state index is 12.9. The fourth-order valence-corrected chi connectivity index (χ4v) is 3.47. The predicted octanol–water partition coefficient (Wildman–Crippen LogP) is 1.66. The van der Waals surface area contributed by atoms with Crippen molar-refractivity contribution >= 4 is 29.7 Å². The highest BCUT2D eigenvalue weighted by molar-refractivity contribution is 6.13. The molecule has 1 rings (SSSR count). The summed E-state index contributed by atoms with van der Waals surface area (Å²) in [6, 6.07) is 0. The average molecular weight is 601 g/mol. The summed E-state index contributed by atoms with van der Waals surface area (Å²) in [5.41, 5.74) is -1.08. The predicted molar refractivity (Wildman–Crippen MR) is 151 cm³/mol. The fraction of sp³-hybridized carbons (Fsp3) is 0.759. The van der Waals surface area contributed by atoms with Crippen LogP contribution in [-0.2, 0) is 52.4 Å². The zero-order chi connectivity index (χ0) is 31.6. The standard InChI is InChI=1S/C29H48N2O11/c1-28(2,3)41-26(35)10-15-37-19-21-39-17-13-30(23(32)9-12-31-24(33)7-8-25(31)34)14-18-40-22-20-38-16-11-27(36)42-29(4,5)6/h7-8H,9-22H2,1-6H3. The molecule has 0 aromatic carbocycles. The van der Waals surface area contributed by atoms with Crippen LogP contribution in [0.15, 0.2) is 12.2 Å². The van der Waals surface area contributed by atoms with Crippen LogP contribution in [-0.4, -0.2) is 123 Å². The van der Waals surface area contributed by atoms with Crippen LogP contribution in [0.25, 0.3) is 0 Å². The minimum absolute atomic E-state index is 0.0152. The first-order valence-electron chi connectivity index (χ1n) is 14.2. The van der Waals surface area contributed by atoms with Crippen molar-refractivity contribution in [3.63, 3.8) is 0 Å². The van der Waals surface area contributed by atoms with E-state index in [-0.39, 0.29) is 110 Å². The molecule has 1 heterocycles. The minimum atomic E-state index is -0.540. The third-order valence-corrected chi connectivity index (χ3v) is 5.30. The molecular formula is C29H48N2O11. The van der Waals surface area contributed by atoms with Gasteiger partial charge in [-0.2, -0.15) is 0 Å². The smallest absolute Gasteiger partial charge is 0.308 e. The van der Waals surface area contributed by atoms with Crippen LogP contribution in [0.2, 0.25) is 0 Å². The molecule has 0 radical (unpaired) electrons. The summed E-state index contributed by atoms with van der Waals surface area (Å²) in [7, 11) is 0. The molecule has 0 unspecified atom stereocenters. The number of ether oxygens (including phenoxy) is 6. The quantitative estimate of drug-likeness (QED) is 0.108. The lowest BCUT2D eigenvalue weighted by Gasteiger charge is -2.24. The van der Waals surface area contributed by atoms with Gasteiger partial charge in [0.2, 0.25) is 5.91 Å². The molecule has 3 amide bonds. The van der Waals surface area contributed by atoms with Gasteiger partial charge in [0, 0.05) is 38.2 Å². The first kappa shape index (κ1) is 37.2. The normalized spacial score (nSPS) is 13.5. The van der Waals surface area contributed by atoms with Crippen LogP contribution in [0.1, 0.15) is 60.8 Å². The first-order chi connectivity index (χ1) is 19.7. The van der Waals surface area contributed by atoms with E-state index in [4.69, 9.17) is 28.4 Å². The largest absolute Gasteiger partial charge is 0.460 e. The van der Waals surface area contributed by atoms with Crippen LogP contribution < -0.4 is 0 Å². The number of carbonyl (C=O) groups excluding carboxylic acids is 5. The summed E-state index contributed by atoms with van der Waals surface area (Å²) >= 11 is 0. The zero-order valence-corrected chi connectivity index (χ0v) is 25.9. The summed E-state index contributed by atoms with van der Waals surface area (Å²) in [4.78, 5) is 62.4. The molecule has 0 N–H and O–H groups in total. The fourth-order valence-electron chi connectivity index (χ4n) is 3.47. The molecule has 0 atom stereocenters. The summed E-state index contributed by atoms with van der Waals surface area (Å²) in [6.07, 6.45) is 2.62. The molecule has 0 saturated heterocycles. The van der Waals surface area contributed by atoms with Crippen LogP contribution in [0.4, 0.5) is 0 Å². The van der Waals surface area contributed by atoms with Gasteiger partial charge in [0.15, 0.2) is 0 Å². The van der Waals surface area contributed by atoms with E-state index in [9.17, 15) is 24.0 Å². The Morgan fingerprint density at radius 3 is 1.38 bits per heavy atom. The third-order valence-electron chi connectivity index (χ3n) is 5.30. The van der Waals surface area contributed by atoms with E-state index in [0.29, 0.717) is 0 Å². The van der Waals surface area contributed by atoms with E-state index in [2.05, 4.69) is 0 Å². The van der Waals surface area contributed by atoms with Crippen molar-refractivity contribution in [1.29, 1.82) is 0 Å². The van der Waals surface area contributed by atoms with Gasteiger partial charge in [0.1, 0.15) is 11.2 Å². The number of rotatable bonds is 21. The SMILES string of the molecule is CC(C)(C)OC(=O)CCOCCOCCN(CCOCCOCCC(=O)OC(C)(C)C)C(=O)CCN1C(=O)C=CC1=O. The number of hydrogen-bond donors (Lipinski definition) is 0. The molecule has 0 aromatic rings. The Bertz CT molecular complexity index is 844. The molecule has 13 nitrogen and oxygen atoms in total. The Labute approximate surface area is 248 Å². The van der Waals surface area contributed by atoms with Crippen LogP contribution in [0, 0.1) is 0 Å². The van der Waals surface area contributed by atoms with Gasteiger partial charge in [-0.15, -0.1) is 0 Å². The molecule has 1 aliphatic rings. The number of carbonyl (C=O) groups is 5. The monoisotopic (exact) mass is 600 g/mol. The molecule has 240 valence electrons. The number of esters is 2. The maximum atomic E-state index is 12.9. The van der Waals surface area contributed by atoms with E-state index in [0.717, 1.165) is 4.90 Å². The lowest BCUT2D eigenvalue weighted by Crippen LogP contribution is -2.40. The van der Waals surface area contributed by atoms with E-state index in [1.165, 1.54) is 12.2 Å². The van der Waals surface area contributed by atoms with Crippen molar-refractivity contribution in [2.45, 2.75) is 72.0 Å². The van der Waals surface area contributed by atoms with Gasteiger partial charge in [0.25, 0.3) is 11.8 Å². The zero-order valence-electron chi connectivity index (χ0n) is 25.9. The lowest BCUT2D eigenvalue weighted by molar-refractivity contribution is -0.157. The first-order valence-corrected chi connectivity index (χ1v) is 14.2. The molecule has 13 heteroatoms. The molecular weight excluding hydrogens is 552 g/mol. The second-order valence-electron chi connectivity index (χ2n) is 11.4. The molecule has 0 saturated carbocycles. The van der Waals surface area contributed by atoms with Crippen molar-refractivity contribution in [3.05, 3.63) is 12.2 Å². The summed E-state index contributed by atoms with van der Waals surface area (Å²) in [6.45, 7) is 13.3. The highest BCUT2D eigenvalue weighted by Crippen LogP contribution is 2.09. The van der Waals surface area contributed by atoms with Crippen molar-refractivity contribution in [2.75, 3.05) is 72.5 Å². The summed E-state index contributed by atoms with van der Waals surface area (Å²) in [5.74, 6) is -1.80. The van der Waals surface area contributed by atoms with Crippen molar-refractivity contribution < 1.29 is 52.4 Å². The maximum Gasteiger partial charge on any atom is 0.308 e. The average Bonchev–Trinajstić information content (AvgIpc) is 3.18. The molecule has 42 heavy (non-hydrogen) atoms. The highest BCUT2D eigenvalue weighted by atomic mass is 16.6. The van der Waals surface area contributed by atoms with E-state index in [1.807, 2.05) is 0 Å². The van der Waals surface area contributed by atoms with Gasteiger partial charge in [0.05, 0.1) is 65.7 Å². The van der Waals surface area contributed by atoms with Crippen LogP contribution in [0.3, 0.4) is 0 Å². The van der Waals surface area contributed by atoms with E-state index < -0.39 is 23.0 Å². The number of hydrogen-bond acceptors (Lipinski definition) is 11. The second kappa shape index (κ2) is 19.3. The molecule has 0 spiro atoms. The number of amides is 3. The molecule has 0 fully saturated rings. The van der Waals surface area contributed by atoms with Crippen LogP contribution in [0.5, 0.6) is 0 Å². The third kappa shape index (κ3) is 18.5. The molecule has 0 bridgehead atoms. The van der Waals surface area contributed by atoms with Gasteiger partial charge in [-0.3, -0.25) is 28.9 Å². The Kier molecular flexibility index (Phi) is 17.1. The topological polar surface area (TPSA) is 147 Å². The minimum Gasteiger partial charge on any atom is -0.460 e. The molecule has 0 aromatic heterocycles. The number of nitrogens with zero attached hydrogens (tertiary/aromatic N) is 2.